The van der Waals surface area contributed by atoms with E-state index in [1.54, 1.807) is 12.1 Å². The Hall–Kier alpha value is -4.52. The highest BCUT2D eigenvalue weighted by molar-refractivity contribution is 5.41. The van der Waals surface area contributed by atoms with Crippen molar-refractivity contribution in [3.63, 3.8) is 0 Å². The van der Waals surface area contributed by atoms with E-state index in [0.717, 1.165) is 80.6 Å². The fourth-order valence-corrected chi connectivity index (χ4v) is 5.90. The zero-order valence-electron chi connectivity index (χ0n) is 26.3. The number of para-hydroxylation sites is 2. The summed E-state index contributed by atoms with van der Waals surface area (Å²) in [4.78, 5) is 0. The summed E-state index contributed by atoms with van der Waals surface area (Å²) in [7, 11) is 0. The molecule has 2 aliphatic heterocycles. The molecule has 2 heterocycles. The van der Waals surface area contributed by atoms with Gasteiger partial charge in [-0.05, 0) is 148 Å². The molecule has 4 aromatic rings. The average molecular weight is 644 g/mol. The molecule has 2 N–H and O–H groups in total. The number of halogens is 3. The molecule has 2 fully saturated rings. The maximum Gasteiger partial charge on any atom is 0.573 e. The van der Waals surface area contributed by atoms with Gasteiger partial charge in [-0.2, -0.15) is 5.26 Å². The molecular formula is C38H40F3N3O3. The standard InChI is InChI=1S/C19H20F3NO2.C19H20N2O/c20-19(21,22)25-17-7-5-16(6-8-17)24-18-4-2-1-3-15(18)13-14-9-11-23-12-10-14;20-14-16-5-7-18(8-6-16)22-19-4-2-1-3-17(19)13-15-9-11-21-12-10-15/h1-8,14,23H,9-13H2;1-8,15,21H,9-13H2. The van der Waals surface area contributed by atoms with Gasteiger partial charge in [0.15, 0.2) is 0 Å². The minimum atomic E-state index is -4.69. The maximum atomic E-state index is 12.2. The third-order valence-electron chi connectivity index (χ3n) is 8.38. The highest BCUT2D eigenvalue weighted by Crippen LogP contribution is 2.32. The highest BCUT2D eigenvalue weighted by atomic mass is 19.4. The van der Waals surface area contributed by atoms with E-state index in [1.807, 2.05) is 48.5 Å². The lowest BCUT2D eigenvalue weighted by Crippen LogP contribution is -2.28. The van der Waals surface area contributed by atoms with Crippen LogP contribution in [-0.2, 0) is 12.8 Å². The van der Waals surface area contributed by atoms with Crippen molar-refractivity contribution >= 4 is 0 Å². The molecule has 47 heavy (non-hydrogen) atoms. The Balaban J connectivity index is 0.000000186. The van der Waals surface area contributed by atoms with Gasteiger partial charge in [0, 0.05) is 0 Å². The Morgan fingerprint density at radius 2 is 1.00 bits per heavy atom. The number of ether oxygens (including phenoxy) is 3. The minimum Gasteiger partial charge on any atom is -0.457 e. The predicted octanol–water partition coefficient (Wildman–Crippen LogP) is 8.81. The largest absolute Gasteiger partial charge is 0.573 e. The van der Waals surface area contributed by atoms with Gasteiger partial charge < -0.3 is 24.8 Å². The van der Waals surface area contributed by atoms with E-state index in [-0.39, 0.29) is 5.75 Å². The smallest absolute Gasteiger partial charge is 0.457 e. The number of hydrogen-bond acceptors (Lipinski definition) is 6. The number of rotatable bonds is 9. The molecule has 6 nitrogen and oxygen atoms in total. The van der Waals surface area contributed by atoms with Crippen molar-refractivity contribution in [2.24, 2.45) is 11.8 Å². The second-order valence-electron chi connectivity index (χ2n) is 11.9. The quantitative estimate of drug-likeness (QED) is 0.190. The molecule has 0 saturated carbocycles. The van der Waals surface area contributed by atoms with Crippen molar-refractivity contribution in [2.75, 3.05) is 26.2 Å². The molecule has 2 saturated heterocycles. The van der Waals surface area contributed by atoms with Gasteiger partial charge >= 0.3 is 6.36 Å². The fourth-order valence-electron chi connectivity index (χ4n) is 5.90. The first kappa shape index (κ1) is 33.8. The first-order valence-electron chi connectivity index (χ1n) is 16.1. The van der Waals surface area contributed by atoms with Crippen LogP contribution in [0.15, 0.2) is 97.1 Å². The number of alkyl halides is 3. The van der Waals surface area contributed by atoms with E-state index < -0.39 is 6.36 Å². The van der Waals surface area contributed by atoms with Crippen LogP contribution in [0.3, 0.4) is 0 Å². The SMILES string of the molecule is FC(F)(F)Oc1ccc(Oc2ccccc2CC2CCNCC2)cc1.N#Cc1ccc(Oc2ccccc2CC2CCNCC2)cc1. The van der Waals surface area contributed by atoms with Crippen LogP contribution in [0.5, 0.6) is 28.7 Å². The summed E-state index contributed by atoms with van der Waals surface area (Å²) in [6, 6.07) is 30.9. The van der Waals surface area contributed by atoms with Gasteiger partial charge in [-0.25, -0.2) is 0 Å². The van der Waals surface area contributed by atoms with Crippen LogP contribution < -0.4 is 24.8 Å². The van der Waals surface area contributed by atoms with Crippen LogP contribution in [0, 0.1) is 23.2 Å². The van der Waals surface area contributed by atoms with Crippen molar-refractivity contribution < 1.29 is 27.4 Å². The number of nitrogens with one attached hydrogen (secondary N) is 2. The summed E-state index contributed by atoms with van der Waals surface area (Å²) in [6.45, 7) is 4.30. The zero-order valence-corrected chi connectivity index (χ0v) is 26.3. The van der Waals surface area contributed by atoms with Crippen LogP contribution in [-0.4, -0.2) is 32.5 Å². The lowest BCUT2D eigenvalue weighted by molar-refractivity contribution is -0.274. The second kappa shape index (κ2) is 16.9. The van der Waals surface area contributed by atoms with Crippen LogP contribution in [0.1, 0.15) is 42.4 Å². The van der Waals surface area contributed by atoms with E-state index in [0.29, 0.717) is 17.2 Å². The third-order valence-corrected chi connectivity index (χ3v) is 8.38. The Labute approximate surface area is 274 Å². The van der Waals surface area contributed by atoms with Crippen molar-refractivity contribution in [1.82, 2.24) is 10.6 Å². The Kier molecular flexibility index (Phi) is 12.1. The zero-order chi connectivity index (χ0) is 32.9. The molecule has 246 valence electrons. The van der Waals surface area contributed by atoms with Gasteiger partial charge in [0.1, 0.15) is 28.7 Å². The summed E-state index contributed by atoms with van der Waals surface area (Å²) < 4.78 is 52.4. The van der Waals surface area contributed by atoms with Gasteiger partial charge in [-0.15, -0.1) is 13.2 Å². The molecule has 9 heteroatoms. The third kappa shape index (κ3) is 11.1. The summed E-state index contributed by atoms with van der Waals surface area (Å²) in [5, 5.41) is 15.6. The van der Waals surface area contributed by atoms with Crippen LogP contribution in [0.4, 0.5) is 13.2 Å². The van der Waals surface area contributed by atoms with E-state index in [9.17, 15) is 13.2 Å². The van der Waals surface area contributed by atoms with Crippen LogP contribution >= 0.6 is 0 Å². The molecule has 0 amide bonds. The first-order valence-corrected chi connectivity index (χ1v) is 16.1. The van der Waals surface area contributed by atoms with Crippen molar-refractivity contribution in [3.8, 4) is 34.8 Å². The fraction of sp³-hybridized carbons (Fsp3) is 0.342. The molecule has 0 aliphatic carbocycles. The first-order chi connectivity index (χ1) is 22.8. The number of benzene rings is 4. The van der Waals surface area contributed by atoms with Crippen molar-refractivity contribution in [1.29, 1.82) is 5.26 Å². The van der Waals surface area contributed by atoms with E-state index in [2.05, 4.69) is 33.6 Å². The Morgan fingerprint density at radius 3 is 1.43 bits per heavy atom. The highest BCUT2D eigenvalue weighted by Gasteiger charge is 2.31. The molecule has 0 unspecified atom stereocenters. The van der Waals surface area contributed by atoms with Crippen molar-refractivity contribution in [2.45, 2.75) is 44.9 Å². The number of nitriles is 1. The van der Waals surface area contributed by atoms with E-state index in [1.165, 1.54) is 42.7 Å². The maximum absolute atomic E-state index is 12.2. The predicted molar refractivity (Wildman–Crippen MR) is 176 cm³/mol. The number of hydrogen-bond donors (Lipinski definition) is 2. The molecule has 2 aliphatic rings. The van der Waals surface area contributed by atoms with Crippen LogP contribution in [0.2, 0.25) is 0 Å². The molecule has 6 rings (SSSR count). The van der Waals surface area contributed by atoms with E-state index >= 15 is 0 Å². The lowest BCUT2D eigenvalue weighted by atomic mass is 9.90. The second-order valence-corrected chi connectivity index (χ2v) is 11.9. The summed E-state index contributed by atoms with van der Waals surface area (Å²) in [5.74, 6) is 4.00. The van der Waals surface area contributed by atoms with Gasteiger partial charge in [0.05, 0.1) is 11.6 Å². The molecule has 0 radical (unpaired) electrons. The minimum absolute atomic E-state index is 0.261. The lowest BCUT2D eigenvalue weighted by Gasteiger charge is -2.23. The summed E-state index contributed by atoms with van der Waals surface area (Å²) >= 11 is 0. The normalized spacial score (nSPS) is 15.5. The van der Waals surface area contributed by atoms with Crippen LogP contribution in [0.25, 0.3) is 0 Å². The molecule has 0 bridgehead atoms. The summed E-state index contributed by atoms with van der Waals surface area (Å²) in [6.07, 6.45) is 2.04. The van der Waals surface area contributed by atoms with Gasteiger partial charge in [0.2, 0.25) is 0 Å². The van der Waals surface area contributed by atoms with Gasteiger partial charge in [0.25, 0.3) is 0 Å². The molecule has 4 aromatic carbocycles. The average Bonchev–Trinajstić information content (AvgIpc) is 3.08. The molecule has 0 aromatic heterocycles. The number of piperidine rings is 2. The molecule has 0 atom stereocenters. The molecular weight excluding hydrogens is 603 g/mol. The van der Waals surface area contributed by atoms with E-state index in [4.69, 9.17) is 14.7 Å². The van der Waals surface area contributed by atoms with Crippen molar-refractivity contribution in [3.05, 3.63) is 114 Å². The van der Waals surface area contributed by atoms with Gasteiger partial charge in [-0.1, -0.05) is 36.4 Å². The Morgan fingerprint density at radius 1 is 0.596 bits per heavy atom. The topological polar surface area (TPSA) is 75.5 Å². The Bertz CT molecular complexity index is 1580. The number of nitrogens with zero attached hydrogens (tertiary/aromatic N) is 1. The van der Waals surface area contributed by atoms with Gasteiger partial charge in [-0.3, -0.25) is 0 Å². The summed E-state index contributed by atoms with van der Waals surface area (Å²) in [5.41, 5.74) is 3.03. The monoisotopic (exact) mass is 643 g/mol. The molecule has 0 spiro atoms.